The molecule has 0 atom stereocenters. The molecule has 5 nitrogen and oxygen atoms in total. The fraction of sp³-hybridized carbons (Fsp3) is 0.250. The van der Waals surface area contributed by atoms with Gasteiger partial charge in [-0.1, -0.05) is 0 Å². The van der Waals surface area contributed by atoms with Crippen molar-refractivity contribution < 1.29 is 0 Å². The lowest BCUT2D eigenvalue weighted by molar-refractivity contribution is 1.01. The van der Waals surface area contributed by atoms with Crippen molar-refractivity contribution >= 4 is 16.9 Å². The lowest BCUT2D eigenvalue weighted by atomic mass is 10.4. The summed E-state index contributed by atoms with van der Waals surface area (Å²) in [6, 6.07) is 1.94. The van der Waals surface area contributed by atoms with Gasteiger partial charge in [0.15, 0.2) is 0 Å². The summed E-state index contributed by atoms with van der Waals surface area (Å²) in [5, 5.41) is 4.12. The third-order valence-corrected chi connectivity index (χ3v) is 1.79. The molecule has 0 aromatic carbocycles. The van der Waals surface area contributed by atoms with Crippen molar-refractivity contribution in [3.8, 4) is 0 Å². The SMILES string of the molecule is NCCNc1ncnc2[nH]ccc12. The van der Waals surface area contributed by atoms with Crippen LogP contribution in [-0.2, 0) is 0 Å². The van der Waals surface area contributed by atoms with Crippen LogP contribution in [-0.4, -0.2) is 28.0 Å². The van der Waals surface area contributed by atoms with Crippen LogP contribution in [0.4, 0.5) is 5.82 Å². The van der Waals surface area contributed by atoms with Gasteiger partial charge in [-0.2, -0.15) is 0 Å². The predicted octanol–water partition coefficient (Wildman–Crippen LogP) is 0.328. The Morgan fingerprint density at radius 1 is 1.46 bits per heavy atom. The zero-order valence-electron chi connectivity index (χ0n) is 7.12. The van der Waals surface area contributed by atoms with E-state index in [1.165, 1.54) is 6.33 Å². The molecule has 0 aliphatic rings. The Labute approximate surface area is 75.4 Å². The molecule has 68 valence electrons. The Balaban J connectivity index is 2.37. The molecule has 13 heavy (non-hydrogen) atoms. The van der Waals surface area contributed by atoms with E-state index in [9.17, 15) is 0 Å². The average Bonchev–Trinajstić information content (AvgIpc) is 2.62. The molecular weight excluding hydrogens is 166 g/mol. The number of H-pyrrole nitrogens is 1. The number of nitrogens with one attached hydrogen (secondary N) is 2. The molecule has 2 heterocycles. The molecule has 2 aromatic heterocycles. The molecule has 0 unspecified atom stereocenters. The number of hydrogen-bond donors (Lipinski definition) is 3. The van der Waals surface area contributed by atoms with Gasteiger partial charge in [-0.25, -0.2) is 9.97 Å². The minimum absolute atomic E-state index is 0.593. The summed E-state index contributed by atoms with van der Waals surface area (Å²) in [5.41, 5.74) is 6.22. The van der Waals surface area contributed by atoms with Gasteiger partial charge < -0.3 is 16.0 Å². The molecule has 2 rings (SSSR count). The number of anilines is 1. The topological polar surface area (TPSA) is 79.6 Å². The highest BCUT2D eigenvalue weighted by Crippen LogP contribution is 2.16. The van der Waals surface area contributed by atoms with Crippen LogP contribution in [0, 0.1) is 0 Å². The normalized spacial score (nSPS) is 10.5. The highest BCUT2D eigenvalue weighted by Gasteiger charge is 2.01. The van der Waals surface area contributed by atoms with Crippen molar-refractivity contribution in [1.82, 2.24) is 15.0 Å². The molecule has 2 aromatic rings. The van der Waals surface area contributed by atoms with Crippen LogP contribution < -0.4 is 11.1 Å². The van der Waals surface area contributed by atoms with E-state index in [1.807, 2.05) is 12.3 Å². The largest absolute Gasteiger partial charge is 0.368 e. The summed E-state index contributed by atoms with van der Waals surface area (Å²) in [6.45, 7) is 1.31. The van der Waals surface area contributed by atoms with Gasteiger partial charge >= 0.3 is 0 Å². The van der Waals surface area contributed by atoms with E-state index in [0.717, 1.165) is 23.4 Å². The number of fused-ring (bicyclic) bond motifs is 1. The van der Waals surface area contributed by atoms with Crippen molar-refractivity contribution in [1.29, 1.82) is 0 Å². The first-order valence-electron chi connectivity index (χ1n) is 4.14. The number of nitrogens with zero attached hydrogens (tertiary/aromatic N) is 2. The van der Waals surface area contributed by atoms with Crippen LogP contribution in [0.25, 0.3) is 11.0 Å². The third-order valence-electron chi connectivity index (χ3n) is 1.79. The maximum atomic E-state index is 5.38. The molecule has 0 fully saturated rings. The number of aromatic amines is 1. The highest BCUT2D eigenvalue weighted by molar-refractivity contribution is 5.86. The number of nitrogens with two attached hydrogens (primary N) is 1. The van der Waals surface area contributed by atoms with Crippen LogP contribution in [0.3, 0.4) is 0 Å². The Bertz CT molecular complexity index is 394. The fourth-order valence-electron chi connectivity index (χ4n) is 1.20. The van der Waals surface area contributed by atoms with Gasteiger partial charge in [-0.3, -0.25) is 0 Å². The Hall–Kier alpha value is -1.62. The lowest BCUT2D eigenvalue weighted by Gasteiger charge is -2.03. The number of aromatic nitrogens is 3. The van der Waals surface area contributed by atoms with E-state index in [0.29, 0.717) is 6.54 Å². The molecule has 0 amide bonds. The zero-order chi connectivity index (χ0) is 9.10. The van der Waals surface area contributed by atoms with E-state index in [1.54, 1.807) is 0 Å². The van der Waals surface area contributed by atoms with E-state index >= 15 is 0 Å². The summed E-state index contributed by atoms with van der Waals surface area (Å²) in [6.07, 6.45) is 3.37. The van der Waals surface area contributed by atoms with E-state index in [2.05, 4.69) is 20.3 Å². The average molecular weight is 177 g/mol. The van der Waals surface area contributed by atoms with Crippen LogP contribution in [0.15, 0.2) is 18.6 Å². The van der Waals surface area contributed by atoms with Crippen molar-refractivity contribution in [3.63, 3.8) is 0 Å². The number of hydrogen-bond acceptors (Lipinski definition) is 4. The zero-order valence-corrected chi connectivity index (χ0v) is 7.12. The molecule has 0 spiro atoms. The van der Waals surface area contributed by atoms with Gasteiger partial charge in [0.2, 0.25) is 0 Å². The molecule has 0 bridgehead atoms. The minimum Gasteiger partial charge on any atom is -0.368 e. The van der Waals surface area contributed by atoms with E-state index in [-0.39, 0.29) is 0 Å². The van der Waals surface area contributed by atoms with Crippen LogP contribution in [0.2, 0.25) is 0 Å². The molecule has 0 radical (unpaired) electrons. The Morgan fingerprint density at radius 3 is 3.23 bits per heavy atom. The van der Waals surface area contributed by atoms with Gasteiger partial charge in [0.1, 0.15) is 17.8 Å². The molecule has 0 aliphatic heterocycles. The molecule has 5 heteroatoms. The predicted molar refractivity (Wildman–Crippen MR) is 51.4 cm³/mol. The molecule has 4 N–H and O–H groups in total. The van der Waals surface area contributed by atoms with Crippen LogP contribution >= 0.6 is 0 Å². The molecule has 0 aliphatic carbocycles. The summed E-state index contributed by atoms with van der Waals surface area (Å²) < 4.78 is 0. The second-order valence-corrected chi connectivity index (χ2v) is 2.68. The Morgan fingerprint density at radius 2 is 2.38 bits per heavy atom. The van der Waals surface area contributed by atoms with Gasteiger partial charge in [0.25, 0.3) is 0 Å². The van der Waals surface area contributed by atoms with E-state index in [4.69, 9.17) is 5.73 Å². The molecule has 0 saturated carbocycles. The van der Waals surface area contributed by atoms with Gasteiger partial charge in [0.05, 0.1) is 5.39 Å². The maximum Gasteiger partial charge on any atom is 0.142 e. The van der Waals surface area contributed by atoms with Crippen LogP contribution in [0.1, 0.15) is 0 Å². The Kier molecular flexibility index (Phi) is 2.09. The number of rotatable bonds is 3. The fourth-order valence-corrected chi connectivity index (χ4v) is 1.20. The highest BCUT2D eigenvalue weighted by atomic mass is 15.0. The molecular formula is C8H11N5. The third kappa shape index (κ3) is 1.46. The molecule has 0 saturated heterocycles. The van der Waals surface area contributed by atoms with Gasteiger partial charge in [0, 0.05) is 19.3 Å². The second-order valence-electron chi connectivity index (χ2n) is 2.68. The first-order valence-corrected chi connectivity index (χ1v) is 4.14. The summed E-state index contributed by atoms with van der Waals surface area (Å²) in [5.74, 6) is 0.830. The standard InChI is InChI=1S/C8H11N5/c9-2-4-11-8-6-1-3-10-7(6)12-5-13-8/h1,3,5H,2,4,9H2,(H2,10,11,12,13). The second kappa shape index (κ2) is 3.40. The summed E-state index contributed by atoms with van der Waals surface area (Å²) >= 11 is 0. The van der Waals surface area contributed by atoms with Crippen molar-refractivity contribution in [2.75, 3.05) is 18.4 Å². The van der Waals surface area contributed by atoms with Gasteiger partial charge in [-0.05, 0) is 6.07 Å². The van der Waals surface area contributed by atoms with Crippen molar-refractivity contribution in [3.05, 3.63) is 18.6 Å². The van der Waals surface area contributed by atoms with Gasteiger partial charge in [-0.15, -0.1) is 0 Å². The van der Waals surface area contributed by atoms with Crippen molar-refractivity contribution in [2.24, 2.45) is 5.73 Å². The van der Waals surface area contributed by atoms with Crippen molar-refractivity contribution in [2.45, 2.75) is 0 Å². The maximum absolute atomic E-state index is 5.38. The smallest absolute Gasteiger partial charge is 0.142 e. The first kappa shape index (κ1) is 8.00. The summed E-state index contributed by atoms with van der Waals surface area (Å²) in [7, 11) is 0. The summed E-state index contributed by atoms with van der Waals surface area (Å²) in [4.78, 5) is 11.2. The van der Waals surface area contributed by atoms with E-state index < -0.39 is 0 Å². The quantitative estimate of drug-likeness (QED) is 0.631. The minimum atomic E-state index is 0.593. The monoisotopic (exact) mass is 177 g/mol. The first-order chi connectivity index (χ1) is 6.42. The van der Waals surface area contributed by atoms with Crippen LogP contribution in [0.5, 0.6) is 0 Å². The lowest BCUT2D eigenvalue weighted by Crippen LogP contribution is -2.14.